The predicted molar refractivity (Wildman–Crippen MR) is 87.7 cm³/mol. The van der Waals surface area contributed by atoms with Crippen molar-refractivity contribution in [1.82, 2.24) is 14.5 Å². The van der Waals surface area contributed by atoms with Crippen molar-refractivity contribution >= 4 is 17.5 Å². The Bertz CT molecular complexity index is 748. The van der Waals surface area contributed by atoms with E-state index in [1.807, 2.05) is 0 Å². The SMILES string of the molecule is Cn1cccc(C(=O)Nc2cnc(N3CCCCC3)nc2)c1=O. The highest BCUT2D eigenvalue weighted by Crippen LogP contribution is 2.16. The fourth-order valence-electron chi connectivity index (χ4n) is 2.61. The molecule has 0 unspecified atom stereocenters. The smallest absolute Gasteiger partial charge is 0.263 e. The third-order valence-electron chi connectivity index (χ3n) is 3.90. The highest BCUT2D eigenvalue weighted by molar-refractivity contribution is 6.03. The van der Waals surface area contributed by atoms with E-state index in [0.29, 0.717) is 11.6 Å². The quantitative estimate of drug-likeness (QED) is 0.927. The summed E-state index contributed by atoms with van der Waals surface area (Å²) in [6.07, 6.45) is 8.30. The van der Waals surface area contributed by atoms with Crippen LogP contribution in [0.3, 0.4) is 0 Å². The zero-order valence-electron chi connectivity index (χ0n) is 13.0. The number of amides is 1. The fourth-order valence-corrected chi connectivity index (χ4v) is 2.61. The highest BCUT2D eigenvalue weighted by atomic mass is 16.2. The molecule has 120 valence electrons. The lowest BCUT2D eigenvalue weighted by Crippen LogP contribution is -2.31. The minimum Gasteiger partial charge on any atom is -0.341 e. The Morgan fingerprint density at radius 2 is 1.87 bits per heavy atom. The molecular formula is C16H19N5O2. The van der Waals surface area contributed by atoms with Crippen molar-refractivity contribution in [3.05, 3.63) is 46.6 Å². The minimum absolute atomic E-state index is 0.0927. The molecule has 0 saturated carbocycles. The van der Waals surface area contributed by atoms with Crippen molar-refractivity contribution in [2.24, 2.45) is 7.05 Å². The molecule has 7 heteroatoms. The summed E-state index contributed by atoms with van der Waals surface area (Å²) in [5.41, 5.74) is 0.229. The molecule has 2 aromatic rings. The van der Waals surface area contributed by atoms with Gasteiger partial charge < -0.3 is 14.8 Å². The van der Waals surface area contributed by atoms with Crippen LogP contribution < -0.4 is 15.8 Å². The van der Waals surface area contributed by atoms with E-state index in [0.717, 1.165) is 25.9 Å². The Morgan fingerprint density at radius 1 is 1.17 bits per heavy atom. The van der Waals surface area contributed by atoms with Crippen molar-refractivity contribution in [3.8, 4) is 0 Å². The average Bonchev–Trinajstić information content (AvgIpc) is 2.59. The van der Waals surface area contributed by atoms with Gasteiger partial charge in [0.15, 0.2) is 0 Å². The summed E-state index contributed by atoms with van der Waals surface area (Å²) in [6.45, 7) is 1.93. The molecule has 1 fully saturated rings. The molecule has 1 N–H and O–H groups in total. The number of hydrogen-bond acceptors (Lipinski definition) is 5. The molecule has 0 aliphatic carbocycles. The van der Waals surface area contributed by atoms with Gasteiger partial charge in [0.25, 0.3) is 11.5 Å². The molecule has 0 bridgehead atoms. The van der Waals surface area contributed by atoms with Gasteiger partial charge in [-0.2, -0.15) is 0 Å². The van der Waals surface area contributed by atoms with E-state index in [2.05, 4.69) is 20.2 Å². The van der Waals surface area contributed by atoms with Crippen molar-refractivity contribution in [2.45, 2.75) is 19.3 Å². The number of aryl methyl sites for hydroxylation is 1. The molecule has 0 radical (unpaired) electrons. The maximum Gasteiger partial charge on any atom is 0.263 e. The molecule has 0 aromatic carbocycles. The number of pyridine rings is 1. The van der Waals surface area contributed by atoms with Gasteiger partial charge in [-0.1, -0.05) is 0 Å². The zero-order valence-corrected chi connectivity index (χ0v) is 13.0. The number of piperidine rings is 1. The van der Waals surface area contributed by atoms with Crippen LogP contribution in [0.1, 0.15) is 29.6 Å². The van der Waals surface area contributed by atoms with E-state index in [9.17, 15) is 9.59 Å². The lowest BCUT2D eigenvalue weighted by atomic mass is 10.1. The van der Waals surface area contributed by atoms with Gasteiger partial charge >= 0.3 is 0 Å². The van der Waals surface area contributed by atoms with Crippen molar-refractivity contribution in [3.63, 3.8) is 0 Å². The molecule has 2 aromatic heterocycles. The highest BCUT2D eigenvalue weighted by Gasteiger charge is 2.14. The number of aromatic nitrogens is 3. The van der Waals surface area contributed by atoms with E-state index in [1.165, 1.54) is 17.1 Å². The minimum atomic E-state index is -0.458. The number of rotatable bonds is 3. The van der Waals surface area contributed by atoms with Gasteiger partial charge in [-0.15, -0.1) is 0 Å². The second-order valence-corrected chi connectivity index (χ2v) is 5.61. The van der Waals surface area contributed by atoms with Crippen LogP contribution in [0.5, 0.6) is 0 Å². The zero-order chi connectivity index (χ0) is 16.2. The largest absolute Gasteiger partial charge is 0.341 e. The van der Waals surface area contributed by atoms with Gasteiger partial charge in [0.2, 0.25) is 5.95 Å². The Balaban J connectivity index is 1.71. The first-order valence-electron chi connectivity index (χ1n) is 7.69. The van der Waals surface area contributed by atoms with Gasteiger partial charge in [0.05, 0.1) is 18.1 Å². The second kappa shape index (κ2) is 6.60. The number of hydrogen-bond donors (Lipinski definition) is 1. The summed E-state index contributed by atoms with van der Waals surface area (Å²) in [5.74, 6) is 0.221. The maximum absolute atomic E-state index is 12.2. The summed E-state index contributed by atoms with van der Waals surface area (Å²) < 4.78 is 1.37. The summed E-state index contributed by atoms with van der Waals surface area (Å²) in [5, 5.41) is 2.66. The number of nitrogens with one attached hydrogen (secondary N) is 1. The average molecular weight is 313 g/mol. The van der Waals surface area contributed by atoms with Crippen molar-refractivity contribution in [2.75, 3.05) is 23.3 Å². The summed E-state index contributed by atoms with van der Waals surface area (Å²) in [6, 6.07) is 3.16. The van der Waals surface area contributed by atoms with E-state index in [1.54, 1.807) is 31.7 Å². The molecule has 0 spiro atoms. The lowest BCUT2D eigenvalue weighted by Gasteiger charge is -2.26. The monoisotopic (exact) mass is 313 g/mol. The molecule has 1 amide bonds. The molecule has 1 aliphatic rings. The topological polar surface area (TPSA) is 80.1 Å². The van der Waals surface area contributed by atoms with E-state index in [4.69, 9.17) is 0 Å². The fraction of sp³-hybridized carbons (Fsp3) is 0.375. The normalized spacial score (nSPS) is 14.6. The Morgan fingerprint density at radius 3 is 2.57 bits per heavy atom. The van der Waals surface area contributed by atoms with Gasteiger partial charge in [0.1, 0.15) is 5.56 Å². The van der Waals surface area contributed by atoms with Crippen LogP contribution in [0.4, 0.5) is 11.6 Å². The van der Waals surface area contributed by atoms with Crippen LogP contribution in [-0.2, 0) is 7.05 Å². The van der Waals surface area contributed by atoms with Crippen LogP contribution in [0, 0.1) is 0 Å². The third-order valence-corrected chi connectivity index (χ3v) is 3.90. The Kier molecular flexibility index (Phi) is 4.36. The van der Waals surface area contributed by atoms with Crippen LogP contribution in [-0.4, -0.2) is 33.5 Å². The van der Waals surface area contributed by atoms with E-state index >= 15 is 0 Å². The molecule has 0 atom stereocenters. The van der Waals surface area contributed by atoms with Crippen molar-refractivity contribution in [1.29, 1.82) is 0 Å². The molecule has 1 saturated heterocycles. The predicted octanol–water partition coefficient (Wildman–Crippen LogP) is 1.42. The molecule has 23 heavy (non-hydrogen) atoms. The second-order valence-electron chi connectivity index (χ2n) is 5.61. The first-order chi connectivity index (χ1) is 11.1. The lowest BCUT2D eigenvalue weighted by molar-refractivity contribution is 0.102. The molecule has 7 nitrogen and oxygen atoms in total. The summed E-state index contributed by atoms with van der Waals surface area (Å²) in [4.78, 5) is 34.9. The number of carbonyl (C=O) groups is 1. The number of anilines is 2. The number of nitrogens with zero attached hydrogens (tertiary/aromatic N) is 4. The molecule has 3 heterocycles. The van der Waals surface area contributed by atoms with Gasteiger partial charge in [0, 0.05) is 26.3 Å². The Labute approximate surface area is 134 Å². The summed E-state index contributed by atoms with van der Waals surface area (Å²) in [7, 11) is 1.61. The van der Waals surface area contributed by atoms with Crippen LogP contribution in [0.2, 0.25) is 0 Å². The third kappa shape index (κ3) is 3.39. The standard InChI is InChI=1S/C16H19N5O2/c1-20-7-5-6-13(15(20)23)14(22)19-12-10-17-16(18-11-12)21-8-3-2-4-9-21/h5-7,10-11H,2-4,8-9H2,1H3,(H,19,22). The van der Waals surface area contributed by atoms with Crippen LogP contribution >= 0.6 is 0 Å². The first kappa shape index (κ1) is 15.2. The molecule has 3 rings (SSSR count). The van der Waals surface area contributed by atoms with Gasteiger partial charge in [-0.25, -0.2) is 9.97 Å². The first-order valence-corrected chi connectivity index (χ1v) is 7.69. The van der Waals surface area contributed by atoms with Crippen LogP contribution in [0.15, 0.2) is 35.5 Å². The van der Waals surface area contributed by atoms with Gasteiger partial charge in [-0.3, -0.25) is 9.59 Å². The maximum atomic E-state index is 12.2. The van der Waals surface area contributed by atoms with Crippen LogP contribution in [0.25, 0.3) is 0 Å². The summed E-state index contributed by atoms with van der Waals surface area (Å²) >= 11 is 0. The molecular weight excluding hydrogens is 294 g/mol. The number of carbonyl (C=O) groups excluding carboxylic acids is 1. The van der Waals surface area contributed by atoms with E-state index < -0.39 is 5.91 Å². The Hall–Kier alpha value is -2.70. The van der Waals surface area contributed by atoms with Crippen molar-refractivity contribution < 1.29 is 4.79 Å². The van der Waals surface area contributed by atoms with E-state index in [-0.39, 0.29) is 11.1 Å². The van der Waals surface area contributed by atoms with Gasteiger partial charge in [-0.05, 0) is 31.4 Å². The molecule has 1 aliphatic heterocycles.